The summed E-state index contributed by atoms with van der Waals surface area (Å²) < 4.78 is 14.0. The molecule has 0 saturated carbocycles. The topological polar surface area (TPSA) is 124 Å². The van der Waals surface area contributed by atoms with Crippen LogP contribution in [0, 0.1) is 0 Å². The third kappa shape index (κ3) is 5.87. The Morgan fingerprint density at radius 1 is 1.46 bits per heavy atom. The average molecular weight is 214 g/mol. The van der Waals surface area contributed by atoms with Gasteiger partial charge in [-0.3, -0.25) is 9.32 Å². The zero-order valence-corrected chi connectivity index (χ0v) is 7.72. The molecule has 7 nitrogen and oxygen atoms in total. The van der Waals surface area contributed by atoms with E-state index in [9.17, 15) is 9.36 Å². The highest BCUT2D eigenvalue weighted by atomic mass is 31.2. The molecule has 8 heteroatoms. The molecule has 0 aromatic heterocycles. The molecule has 0 heterocycles. The van der Waals surface area contributed by atoms with Crippen LogP contribution in [-0.2, 0) is 13.9 Å². The van der Waals surface area contributed by atoms with E-state index in [4.69, 9.17) is 20.0 Å². The van der Waals surface area contributed by atoms with Crippen molar-refractivity contribution in [3.05, 3.63) is 0 Å². The number of phosphoric ester groups is 1. The Balaban J connectivity index is 3.95. The Hall–Kier alpha value is -0.300. The summed E-state index contributed by atoms with van der Waals surface area (Å²) in [5.41, 5.74) is 0. The second kappa shape index (κ2) is 4.80. The Morgan fingerprint density at radius 2 is 1.92 bits per heavy atom. The molecule has 1 unspecified atom stereocenters. The van der Waals surface area contributed by atoms with E-state index in [2.05, 4.69) is 4.52 Å². The number of carbonyl (C=O) groups is 1. The quantitative estimate of drug-likeness (QED) is 0.406. The Kier molecular flexibility index (Phi) is 4.69. The van der Waals surface area contributed by atoms with Gasteiger partial charge in [-0.25, -0.2) is 4.57 Å². The van der Waals surface area contributed by atoms with Crippen LogP contribution in [-0.4, -0.2) is 44.6 Å². The lowest BCUT2D eigenvalue weighted by molar-refractivity contribution is -0.132. The second-order valence-corrected chi connectivity index (χ2v) is 3.65. The summed E-state index contributed by atoms with van der Waals surface area (Å²) in [6.45, 7) is 0.233. The lowest BCUT2D eigenvalue weighted by Gasteiger charge is -2.15. The number of rotatable bonds is 5. The van der Waals surface area contributed by atoms with Gasteiger partial charge in [-0.05, 0) is 6.92 Å². The monoisotopic (exact) mass is 214 g/mol. The number of phosphoric acid groups is 1. The molecule has 78 valence electrons. The van der Waals surface area contributed by atoms with Gasteiger partial charge in [-0.2, -0.15) is 0 Å². The maximum atomic E-state index is 10.5. The van der Waals surface area contributed by atoms with Gasteiger partial charge in [0.15, 0.2) is 5.78 Å². The lowest BCUT2D eigenvalue weighted by Crippen LogP contribution is -2.35. The highest BCUT2D eigenvalue weighted by Crippen LogP contribution is 2.35. The number of Topliss-reactive ketones (excluding diaryl/α,β-unsaturated/α-hetero) is 1. The number of aliphatic hydroxyl groups excluding tert-OH is 2. The number of aliphatic hydroxyl groups is 2. The molecule has 0 aromatic carbocycles. The summed E-state index contributed by atoms with van der Waals surface area (Å²) in [5, 5.41) is 17.8. The van der Waals surface area contributed by atoms with Gasteiger partial charge in [-0.15, -0.1) is 0 Å². The van der Waals surface area contributed by atoms with E-state index >= 15 is 0 Å². The second-order valence-electron chi connectivity index (χ2n) is 2.41. The van der Waals surface area contributed by atoms with Crippen LogP contribution < -0.4 is 0 Å². The maximum absolute atomic E-state index is 10.5. The molecule has 0 aliphatic rings. The van der Waals surface area contributed by atoms with E-state index in [1.807, 2.05) is 0 Å². The summed E-state index contributed by atoms with van der Waals surface area (Å²) in [7, 11) is -4.67. The van der Waals surface area contributed by atoms with Crippen molar-refractivity contribution in [2.75, 3.05) is 6.61 Å². The Bertz CT molecular complexity index is 221. The van der Waals surface area contributed by atoms with E-state index in [1.165, 1.54) is 0 Å². The molecule has 0 radical (unpaired) electrons. The maximum Gasteiger partial charge on any atom is 0.469 e. The van der Waals surface area contributed by atoms with Gasteiger partial charge in [-0.1, -0.05) is 0 Å². The van der Waals surface area contributed by atoms with Crippen molar-refractivity contribution in [2.45, 2.75) is 19.1 Å². The van der Waals surface area contributed by atoms with Crippen LogP contribution in [0.25, 0.3) is 0 Å². The van der Waals surface area contributed by atoms with Crippen LogP contribution in [0.1, 0.15) is 6.92 Å². The fraction of sp³-hybridized carbons (Fsp3) is 0.800. The Morgan fingerprint density at radius 3 is 2.23 bits per heavy atom. The minimum Gasteiger partial charge on any atom is -0.388 e. The van der Waals surface area contributed by atoms with Gasteiger partial charge in [0.25, 0.3) is 0 Å². The Labute approximate surface area is 74.2 Å². The highest BCUT2D eigenvalue weighted by Gasteiger charge is 2.24. The predicted octanol–water partition coefficient (Wildman–Crippen LogP) is -1.59. The first-order valence-electron chi connectivity index (χ1n) is 3.30. The van der Waals surface area contributed by atoms with Gasteiger partial charge < -0.3 is 20.0 Å². The molecule has 0 spiro atoms. The molecule has 0 rings (SSSR count). The van der Waals surface area contributed by atoms with E-state index in [1.54, 1.807) is 0 Å². The van der Waals surface area contributed by atoms with Crippen molar-refractivity contribution in [1.29, 1.82) is 0 Å². The average Bonchev–Trinajstić information content (AvgIpc) is 1.97. The SMILES string of the molecule is CC(=O)C(O)[C@@H](O)COP(=O)(O)O. The van der Waals surface area contributed by atoms with Crippen molar-refractivity contribution in [3.8, 4) is 0 Å². The lowest BCUT2D eigenvalue weighted by atomic mass is 10.1. The first kappa shape index (κ1) is 12.7. The van der Waals surface area contributed by atoms with Gasteiger partial charge >= 0.3 is 7.82 Å². The number of hydrogen-bond acceptors (Lipinski definition) is 5. The van der Waals surface area contributed by atoms with E-state index in [0.717, 1.165) is 6.92 Å². The number of ketones is 1. The molecule has 0 fully saturated rings. The zero-order valence-electron chi connectivity index (χ0n) is 6.82. The molecule has 0 aliphatic carbocycles. The molecule has 2 atom stereocenters. The highest BCUT2D eigenvalue weighted by molar-refractivity contribution is 7.46. The summed E-state index contributed by atoms with van der Waals surface area (Å²) in [6, 6.07) is 0. The van der Waals surface area contributed by atoms with Crippen LogP contribution in [0.5, 0.6) is 0 Å². The van der Waals surface area contributed by atoms with Gasteiger partial charge in [0.2, 0.25) is 0 Å². The van der Waals surface area contributed by atoms with Crippen molar-refractivity contribution >= 4 is 13.6 Å². The normalized spacial score (nSPS) is 16.7. The first-order valence-corrected chi connectivity index (χ1v) is 4.83. The van der Waals surface area contributed by atoms with Crippen LogP contribution in [0.4, 0.5) is 0 Å². The number of hydrogen-bond donors (Lipinski definition) is 4. The molecule has 13 heavy (non-hydrogen) atoms. The van der Waals surface area contributed by atoms with Gasteiger partial charge in [0.1, 0.15) is 12.2 Å². The molecule has 4 N–H and O–H groups in total. The van der Waals surface area contributed by atoms with Gasteiger partial charge in [0, 0.05) is 0 Å². The largest absolute Gasteiger partial charge is 0.469 e. The van der Waals surface area contributed by atoms with Crippen LogP contribution >= 0.6 is 7.82 Å². The van der Waals surface area contributed by atoms with Crippen LogP contribution in [0.3, 0.4) is 0 Å². The molecular weight excluding hydrogens is 203 g/mol. The fourth-order valence-corrected chi connectivity index (χ4v) is 0.882. The predicted molar refractivity (Wildman–Crippen MR) is 40.7 cm³/mol. The van der Waals surface area contributed by atoms with Crippen LogP contribution in [0.2, 0.25) is 0 Å². The zero-order chi connectivity index (χ0) is 10.6. The van der Waals surface area contributed by atoms with Crippen molar-refractivity contribution in [3.63, 3.8) is 0 Å². The fourth-order valence-electron chi connectivity index (χ4n) is 0.536. The minimum absolute atomic E-state index is 0.707. The minimum atomic E-state index is -4.67. The third-order valence-corrected chi connectivity index (χ3v) is 1.68. The molecule has 0 bridgehead atoms. The van der Waals surface area contributed by atoms with E-state index in [0.29, 0.717) is 0 Å². The summed E-state index contributed by atoms with van der Waals surface area (Å²) in [5.74, 6) is -0.707. The van der Waals surface area contributed by atoms with Crippen LogP contribution in [0.15, 0.2) is 0 Å². The molecule has 0 amide bonds. The standard InChI is InChI=1S/C5H11O7P/c1-3(6)5(8)4(7)2-12-13(9,10)11/h4-5,7-8H,2H2,1H3,(H2,9,10,11)/t4-,5?/m0/s1. The summed E-state index contributed by atoms with van der Waals surface area (Å²) >= 11 is 0. The number of carbonyl (C=O) groups excluding carboxylic acids is 1. The van der Waals surface area contributed by atoms with Gasteiger partial charge in [0.05, 0.1) is 6.61 Å². The van der Waals surface area contributed by atoms with E-state index < -0.39 is 32.4 Å². The van der Waals surface area contributed by atoms with Crippen molar-refractivity contribution < 1.29 is 33.9 Å². The molecular formula is C5H11O7P. The molecule has 0 aliphatic heterocycles. The molecule has 0 saturated heterocycles. The molecule has 0 aromatic rings. The van der Waals surface area contributed by atoms with E-state index in [-0.39, 0.29) is 0 Å². The summed E-state index contributed by atoms with van der Waals surface area (Å²) in [6.07, 6.45) is -3.32. The summed E-state index contributed by atoms with van der Waals surface area (Å²) in [4.78, 5) is 26.8. The third-order valence-electron chi connectivity index (χ3n) is 1.19. The smallest absolute Gasteiger partial charge is 0.388 e. The first-order chi connectivity index (χ1) is 5.74. The van der Waals surface area contributed by atoms with Crippen molar-refractivity contribution in [2.24, 2.45) is 0 Å². The van der Waals surface area contributed by atoms with Crippen molar-refractivity contribution in [1.82, 2.24) is 0 Å².